The van der Waals surface area contributed by atoms with Gasteiger partial charge in [-0.25, -0.2) is 0 Å². The Balaban J connectivity index is 1.93. The molecule has 1 atom stereocenters. The molecule has 4 nitrogen and oxygen atoms in total. The van der Waals surface area contributed by atoms with E-state index < -0.39 is 29.7 Å². The highest BCUT2D eigenvalue weighted by atomic mass is 35.5. The molecule has 138 valence electrons. The van der Waals surface area contributed by atoms with E-state index >= 15 is 0 Å². The van der Waals surface area contributed by atoms with Gasteiger partial charge in [0.1, 0.15) is 0 Å². The molecule has 0 aliphatic rings. The molecule has 0 bridgehead atoms. The summed E-state index contributed by atoms with van der Waals surface area (Å²) in [4.78, 5) is 23.9. The Morgan fingerprint density at radius 2 is 1.81 bits per heavy atom. The first-order valence-electron chi connectivity index (χ1n) is 7.57. The van der Waals surface area contributed by atoms with Gasteiger partial charge in [0.2, 0.25) is 0 Å². The molecular formula is C18H15ClF3NO3. The molecule has 2 aromatic rings. The normalized spacial score (nSPS) is 12.3. The molecule has 2 rings (SSSR count). The number of benzene rings is 2. The van der Waals surface area contributed by atoms with Crippen LogP contribution in [0.3, 0.4) is 0 Å². The van der Waals surface area contributed by atoms with Crippen LogP contribution in [0.5, 0.6) is 0 Å². The molecule has 26 heavy (non-hydrogen) atoms. The Labute approximate surface area is 152 Å². The van der Waals surface area contributed by atoms with Crippen molar-refractivity contribution in [1.29, 1.82) is 0 Å². The first-order chi connectivity index (χ1) is 12.1. The fourth-order valence-corrected chi connectivity index (χ4v) is 2.20. The first-order valence-corrected chi connectivity index (χ1v) is 7.95. The topological polar surface area (TPSA) is 55.4 Å². The third kappa shape index (κ3) is 5.77. The maximum atomic E-state index is 12.7. The quantitative estimate of drug-likeness (QED) is 0.772. The summed E-state index contributed by atoms with van der Waals surface area (Å²) in [6, 6.07) is 10.7. The fourth-order valence-electron chi connectivity index (χ4n) is 2.08. The van der Waals surface area contributed by atoms with Crippen LogP contribution in [0.1, 0.15) is 18.1 Å². The highest BCUT2D eigenvalue weighted by Gasteiger charge is 2.30. The number of halogens is 4. The Morgan fingerprint density at radius 3 is 2.42 bits per heavy atom. The number of ether oxygens (including phenoxy) is 1. The van der Waals surface area contributed by atoms with Crippen LogP contribution in [-0.4, -0.2) is 18.0 Å². The monoisotopic (exact) mass is 385 g/mol. The molecule has 0 fully saturated rings. The number of hydrogen-bond donors (Lipinski definition) is 1. The summed E-state index contributed by atoms with van der Waals surface area (Å²) in [5.74, 6) is -1.37. The summed E-state index contributed by atoms with van der Waals surface area (Å²) < 4.78 is 43.0. The fraction of sp³-hybridized carbons (Fsp3) is 0.222. The second-order valence-corrected chi connectivity index (χ2v) is 5.94. The molecular weight excluding hydrogens is 371 g/mol. The lowest BCUT2D eigenvalue weighted by atomic mass is 10.1. The third-order valence-electron chi connectivity index (χ3n) is 3.40. The molecule has 0 radical (unpaired) electrons. The second-order valence-electron chi connectivity index (χ2n) is 5.50. The zero-order valence-corrected chi connectivity index (χ0v) is 14.4. The summed E-state index contributed by atoms with van der Waals surface area (Å²) in [5.41, 5.74) is -0.266. The van der Waals surface area contributed by atoms with Gasteiger partial charge in [-0.15, -0.1) is 0 Å². The number of alkyl halides is 3. The minimum atomic E-state index is -4.52. The highest BCUT2D eigenvalue weighted by molar-refractivity contribution is 6.30. The molecule has 8 heteroatoms. The van der Waals surface area contributed by atoms with Crippen LogP contribution >= 0.6 is 11.6 Å². The molecule has 0 spiro atoms. The number of anilines is 1. The zero-order chi connectivity index (χ0) is 19.3. The molecule has 1 amide bonds. The lowest BCUT2D eigenvalue weighted by Crippen LogP contribution is -2.30. The number of amides is 1. The third-order valence-corrected chi connectivity index (χ3v) is 3.65. The minimum absolute atomic E-state index is 0.0366. The maximum Gasteiger partial charge on any atom is 0.416 e. The van der Waals surface area contributed by atoms with Gasteiger partial charge in [-0.05, 0) is 42.8 Å². The van der Waals surface area contributed by atoms with Gasteiger partial charge < -0.3 is 10.1 Å². The van der Waals surface area contributed by atoms with Crippen molar-refractivity contribution in [1.82, 2.24) is 0 Å². The van der Waals surface area contributed by atoms with Crippen LogP contribution in [0.25, 0.3) is 0 Å². The van der Waals surface area contributed by atoms with E-state index in [1.54, 1.807) is 24.3 Å². The average molecular weight is 386 g/mol. The lowest BCUT2D eigenvalue weighted by molar-refractivity contribution is -0.152. The van der Waals surface area contributed by atoms with Crippen molar-refractivity contribution >= 4 is 29.2 Å². The van der Waals surface area contributed by atoms with Crippen molar-refractivity contribution in [2.24, 2.45) is 0 Å². The summed E-state index contributed by atoms with van der Waals surface area (Å²) in [6.07, 6.45) is -5.74. The van der Waals surface area contributed by atoms with Gasteiger partial charge in [-0.1, -0.05) is 29.8 Å². The van der Waals surface area contributed by atoms with Crippen LogP contribution in [0.4, 0.5) is 18.9 Å². The Kier molecular flexibility index (Phi) is 6.26. The van der Waals surface area contributed by atoms with Crippen LogP contribution in [0.15, 0.2) is 48.5 Å². The maximum absolute atomic E-state index is 12.7. The molecule has 0 unspecified atom stereocenters. The summed E-state index contributed by atoms with van der Waals surface area (Å²) >= 11 is 5.75. The van der Waals surface area contributed by atoms with Crippen LogP contribution in [-0.2, 0) is 26.9 Å². The van der Waals surface area contributed by atoms with E-state index in [1.807, 2.05) is 0 Å². The lowest BCUT2D eigenvalue weighted by Gasteiger charge is -2.14. The van der Waals surface area contributed by atoms with Gasteiger partial charge in [-0.2, -0.15) is 13.2 Å². The highest BCUT2D eigenvalue weighted by Crippen LogP contribution is 2.30. The number of rotatable bonds is 5. The SMILES string of the molecule is C[C@H](OC(=O)Cc1ccc(Cl)cc1)C(=O)Nc1cccc(C(F)(F)F)c1. The molecule has 0 aliphatic carbocycles. The second kappa shape index (κ2) is 8.23. The molecule has 0 saturated carbocycles. The predicted molar refractivity (Wildman–Crippen MR) is 90.8 cm³/mol. The van der Waals surface area contributed by atoms with Gasteiger partial charge in [0.15, 0.2) is 6.10 Å². The Morgan fingerprint density at radius 1 is 1.15 bits per heavy atom. The Bertz CT molecular complexity index is 791. The molecule has 2 aromatic carbocycles. The van der Waals surface area contributed by atoms with E-state index in [2.05, 4.69) is 5.32 Å². The number of hydrogen-bond acceptors (Lipinski definition) is 3. The Hall–Kier alpha value is -2.54. The molecule has 0 aliphatic heterocycles. The number of esters is 1. The molecule has 0 aromatic heterocycles. The summed E-state index contributed by atoms with van der Waals surface area (Å²) in [7, 11) is 0. The van der Waals surface area contributed by atoms with Gasteiger partial charge in [0.05, 0.1) is 12.0 Å². The van der Waals surface area contributed by atoms with E-state index in [0.717, 1.165) is 12.1 Å². The zero-order valence-electron chi connectivity index (χ0n) is 13.6. The van der Waals surface area contributed by atoms with Crippen LogP contribution in [0.2, 0.25) is 5.02 Å². The number of carbonyl (C=O) groups excluding carboxylic acids is 2. The van der Waals surface area contributed by atoms with Gasteiger partial charge >= 0.3 is 12.1 Å². The van der Waals surface area contributed by atoms with Gasteiger partial charge in [0.25, 0.3) is 5.91 Å². The molecule has 0 heterocycles. The van der Waals surface area contributed by atoms with Crippen molar-refractivity contribution in [3.63, 3.8) is 0 Å². The van der Waals surface area contributed by atoms with Gasteiger partial charge in [-0.3, -0.25) is 9.59 Å². The van der Waals surface area contributed by atoms with Gasteiger partial charge in [0, 0.05) is 10.7 Å². The van der Waals surface area contributed by atoms with E-state index in [9.17, 15) is 22.8 Å². The smallest absolute Gasteiger partial charge is 0.416 e. The van der Waals surface area contributed by atoms with Crippen molar-refractivity contribution in [3.8, 4) is 0 Å². The van der Waals surface area contributed by atoms with E-state index in [4.69, 9.17) is 16.3 Å². The van der Waals surface area contributed by atoms with Crippen molar-refractivity contribution in [3.05, 3.63) is 64.7 Å². The van der Waals surface area contributed by atoms with Crippen LogP contribution < -0.4 is 5.32 Å². The summed E-state index contributed by atoms with van der Waals surface area (Å²) in [6.45, 7) is 1.34. The van der Waals surface area contributed by atoms with E-state index in [1.165, 1.54) is 19.1 Å². The average Bonchev–Trinajstić information content (AvgIpc) is 2.56. The molecule has 0 saturated heterocycles. The standard InChI is InChI=1S/C18H15ClF3NO3/c1-11(26-16(24)9-12-5-7-14(19)8-6-12)17(25)23-15-4-2-3-13(10-15)18(20,21)22/h2-8,10-11H,9H2,1H3,(H,23,25)/t11-/m0/s1. The number of carbonyl (C=O) groups is 2. The predicted octanol–water partition coefficient (Wildman–Crippen LogP) is 4.47. The van der Waals surface area contributed by atoms with Crippen molar-refractivity contribution in [2.75, 3.05) is 5.32 Å². The van der Waals surface area contributed by atoms with Crippen molar-refractivity contribution in [2.45, 2.75) is 25.6 Å². The largest absolute Gasteiger partial charge is 0.452 e. The summed E-state index contributed by atoms with van der Waals surface area (Å²) in [5, 5.41) is 2.82. The molecule has 1 N–H and O–H groups in total. The van der Waals surface area contributed by atoms with E-state index in [0.29, 0.717) is 10.6 Å². The van der Waals surface area contributed by atoms with Crippen LogP contribution in [0, 0.1) is 0 Å². The number of nitrogens with one attached hydrogen (secondary N) is 1. The van der Waals surface area contributed by atoms with Crippen molar-refractivity contribution < 1.29 is 27.5 Å². The minimum Gasteiger partial charge on any atom is -0.452 e. The van der Waals surface area contributed by atoms with E-state index in [-0.39, 0.29) is 12.1 Å². The first kappa shape index (κ1) is 19.8.